The van der Waals surface area contributed by atoms with E-state index in [4.69, 9.17) is 15.9 Å². The quantitative estimate of drug-likeness (QED) is 0.0523. The zero-order chi connectivity index (χ0) is 27.8. The molecule has 39 heavy (non-hydrogen) atoms. The minimum Gasteiger partial charge on any atom is -0.449 e. The number of nitrogens with one attached hydrogen (secondary N) is 2. The van der Waals surface area contributed by atoms with Gasteiger partial charge in [0.2, 0.25) is 23.3 Å². The van der Waals surface area contributed by atoms with Crippen LogP contribution in [0.25, 0.3) is 0 Å². The average molecular weight is 578 g/mol. The van der Waals surface area contributed by atoms with Gasteiger partial charge in [-0.3, -0.25) is 24.7 Å². The minimum absolute atomic E-state index is 0.0107. The van der Waals surface area contributed by atoms with E-state index < -0.39 is 35.1 Å². The summed E-state index contributed by atoms with van der Waals surface area (Å²) in [6.45, 7) is 1.79. The Labute approximate surface area is 228 Å². The molecule has 3 amide bonds. The van der Waals surface area contributed by atoms with E-state index in [1.165, 1.54) is 18.1 Å². The Balaban J connectivity index is 1.33. The minimum atomic E-state index is -1.63. The van der Waals surface area contributed by atoms with Crippen molar-refractivity contribution in [2.24, 2.45) is 5.16 Å². The standard InChI is InChI=1S/C21H23N9O7S2/c22-8-28-3-2-11(6-28)29-4-1-9(16(29)32)5-10-7-38-19-13(17(33)30(19)18(10)37-21(34)35)24-15(31)12(26-36)14-25-20(23)39-27-14/h5,8,11,13,19,22,36H,1-4,6-7H2,(H,24,31)(H,34,35)(H2,23,25,27)/b9-5+,22-8?,26-12-/t11-,13-,19-/m1/s1. The molecular weight excluding hydrogens is 554 g/mol. The molecule has 3 saturated heterocycles. The number of nitrogens with two attached hydrogens (primary N) is 1. The molecule has 0 radical (unpaired) electrons. The number of anilines is 1. The fraction of sp³-hybridized carbons (Fsp3) is 0.429. The number of carbonyl (C=O) groups is 4. The summed E-state index contributed by atoms with van der Waals surface area (Å²) in [5.74, 6) is -1.96. The number of oxime groups is 1. The van der Waals surface area contributed by atoms with Crippen LogP contribution in [0, 0.1) is 5.41 Å². The number of ether oxygens (including phenoxy) is 1. The molecule has 0 bridgehead atoms. The van der Waals surface area contributed by atoms with Crippen molar-refractivity contribution >= 4 is 64.4 Å². The molecule has 6 N–H and O–H groups in total. The number of nitrogen functional groups attached to an aromatic ring is 1. The van der Waals surface area contributed by atoms with E-state index >= 15 is 0 Å². The number of carbonyl (C=O) groups excluding carboxylic acids is 3. The summed E-state index contributed by atoms with van der Waals surface area (Å²) in [6.07, 6.45) is 2.40. The molecule has 5 rings (SSSR count). The van der Waals surface area contributed by atoms with Gasteiger partial charge in [0, 0.05) is 48.1 Å². The molecule has 0 aromatic carbocycles. The second kappa shape index (κ2) is 10.5. The predicted octanol–water partition coefficient (Wildman–Crippen LogP) is -0.555. The molecule has 0 unspecified atom stereocenters. The van der Waals surface area contributed by atoms with Crippen LogP contribution in [0.4, 0.5) is 9.93 Å². The first-order chi connectivity index (χ1) is 18.7. The summed E-state index contributed by atoms with van der Waals surface area (Å²) in [7, 11) is 0. The highest BCUT2D eigenvalue weighted by Gasteiger charge is 2.54. The van der Waals surface area contributed by atoms with Crippen molar-refractivity contribution in [2.45, 2.75) is 30.3 Å². The first-order valence-corrected chi connectivity index (χ1v) is 13.5. The van der Waals surface area contributed by atoms with Crippen LogP contribution in [0.5, 0.6) is 0 Å². The van der Waals surface area contributed by atoms with Gasteiger partial charge in [-0.05, 0) is 18.9 Å². The number of allylic oxidation sites excluding steroid dienone is 1. The van der Waals surface area contributed by atoms with Crippen LogP contribution >= 0.6 is 23.3 Å². The molecule has 3 atom stereocenters. The van der Waals surface area contributed by atoms with Crippen molar-refractivity contribution in [3.05, 3.63) is 28.9 Å². The zero-order valence-electron chi connectivity index (χ0n) is 20.1. The zero-order valence-corrected chi connectivity index (χ0v) is 21.8. The van der Waals surface area contributed by atoms with Gasteiger partial charge in [-0.25, -0.2) is 4.79 Å². The van der Waals surface area contributed by atoms with E-state index in [1.807, 2.05) is 4.90 Å². The number of fused-ring (bicyclic) bond motifs is 1. The predicted molar refractivity (Wildman–Crippen MR) is 137 cm³/mol. The Hall–Kier alpha value is -4.19. The summed E-state index contributed by atoms with van der Waals surface area (Å²) in [5, 5.41) is 30.7. The lowest BCUT2D eigenvalue weighted by Gasteiger charge is -2.48. The van der Waals surface area contributed by atoms with Crippen LogP contribution in [-0.2, 0) is 19.1 Å². The van der Waals surface area contributed by atoms with Crippen LogP contribution in [0.15, 0.2) is 28.3 Å². The van der Waals surface area contributed by atoms with Gasteiger partial charge in [0.1, 0.15) is 11.4 Å². The van der Waals surface area contributed by atoms with Gasteiger partial charge in [0.25, 0.3) is 11.8 Å². The molecular formula is C21H23N9O7S2. The van der Waals surface area contributed by atoms with Crippen LogP contribution in [0.1, 0.15) is 18.7 Å². The number of amides is 3. The molecule has 0 saturated carbocycles. The van der Waals surface area contributed by atoms with Crippen molar-refractivity contribution in [1.29, 1.82) is 5.41 Å². The molecule has 1 aromatic heterocycles. The Morgan fingerprint density at radius 2 is 2.10 bits per heavy atom. The molecule has 1 aromatic rings. The monoisotopic (exact) mass is 577 g/mol. The van der Waals surface area contributed by atoms with Crippen molar-refractivity contribution in [3.8, 4) is 0 Å². The third-order valence-corrected chi connectivity index (χ3v) is 8.55. The van der Waals surface area contributed by atoms with E-state index in [0.29, 0.717) is 37.2 Å². The number of β-lactam (4-membered cyclic amide) rings is 1. The lowest BCUT2D eigenvalue weighted by Crippen LogP contribution is -2.70. The number of aromatic nitrogens is 2. The van der Waals surface area contributed by atoms with E-state index in [2.05, 4.69) is 19.8 Å². The number of likely N-dealkylation sites (tertiary alicyclic amines) is 2. The maximum atomic E-state index is 13.1. The summed E-state index contributed by atoms with van der Waals surface area (Å²) in [4.78, 5) is 58.8. The highest BCUT2D eigenvalue weighted by Crippen LogP contribution is 2.42. The second-order valence-electron chi connectivity index (χ2n) is 8.95. The maximum Gasteiger partial charge on any atom is 0.512 e. The normalized spacial score (nSPS) is 26.2. The van der Waals surface area contributed by atoms with Crippen LogP contribution in [-0.4, -0.2) is 113 Å². The molecule has 18 heteroatoms. The lowest BCUT2D eigenvalue weighted by molar-refractivity contribution is -0.148. The number of hydrogen-bond acceptors (Lipinski definition) is 13. The first kappa shape index (κ1) is 26.4. The van der Waals surface area contributed by atoms with Crippen molar-refractivity contribution in [2.75, 3.05) is 31.1 Å². The lowest BCUT2D eigenvalue weighted by atomic mass is 10.0. The fourth-order valence-electron chi connectivity index (χ4n) is 4.87. The third-order valence-electron chi connectivity index (χ3n) is 6.71. The number of hydrogen-bond donors (Lipinski definition) is 5. The van der Waals surface area contributed by atoms with Gasteiger partial charge >= 0.3 is 6.16 Å². The SMILES string of the molecule is N=CN1CC[C@@H](N2CC/C(=C\C3=C(OC(=O)O)N4C(=O)[C@@H](NC(=O)/C(=N\O)c5nsc(N)n5)[C@H]4SC3)C2=O)C1. The highest BCUT2D eigenvalue weighted by atomic mass is 32.2. The van der Waals surface area contributed by atoms with Gasteiger partial charge in [-0.1, -0.05) is 5.16 Å². The van der Waals surface area contributed by atoms with Crippen molar-refractivity contribution in [3.63, 3.8) is 0 Å². The van der Waals surface area contributed by atoms with Gasteiger partial charge in [0.05, 0.1) is 12.4 Å². The van der Waals surface area contributed by atoms with Crippen molar-refractivity contribution in [1.82, 2.24) is 29.4 Å². The molecule has 0 spiro atoms. The van der Waals surface area contributed by atoms with Gasteiger partial charge in [0.15, 0.2) is 5.13 Å². The van der Waals surface area contributed by atoms with Gasteiger partial charge < -0.3 is 35.9 Å². The Morgan fingerprint density at radius 3 is 2.74 bits per heavy atom. The summed E-state index contributed by atoms with van der Waals surface area (Å²) in [6, 6.07) is -1.08. The number of rotatable bonds is 7. The molecule has 0 aliphatic carbocycles. The van der Waals surface area contributed by atoms with E-state index in [1.54, 1.807) is 11.0 Å². The average Bonchev–Trinajstić information content (AvgIpc) is 3.64. The van der Waals surface area contributed by atoms with Crippen LogP contribution < -0.4 is 11.1 Å². The Bertz CT molecular complexity index is 1340. The Morgan fingerprint density at radius 1 is 1.31 bits per heavy atom. The molecule has 206 valence electrons. The van der Waals surface area contributed by atoms with E-state index in [9.17, 15) is 29.5 Å². The topological polar surface area (TPSA) is 228 Å². The molecule has 5 heterocycles. The molecule has 4 aliphatic heterocycles. The maximum absolute atomic E-state index is 13.1. The van der Waals surface area contributed by atoms with E-state index in [-0.39, 0.29) is 34.5 Å². The summed E-state index contributed by atoms with van der Waals surface area (Å²) >= 11 is 2.04. The number of nitrogens with zero attached hydrogens (tertiary/aromatic N) is 6. The summed E-state index contributed by atoms with van der Waals surface area (Å²) < 4.78 is 8.80. The summed E-state index contributed by atoms with van der Waals surface area (Å²) in [5.41, 5.74) is 5.81. The van der Waals surface area contributed by atoms with Crippen LogP contribution in [0.3, 0.4) is 0 Å². The van der Waals surface area contributed by atoms with Gasteiger partial charge in [-0.2, -0.15) is 9.36 Å². The highest BCUT2D eigenvalue weighted by molar-refractivity contribution is 8.00. The van der Waals surface area contributed by atoms with Crippen molar-refractivity contribution < 1.29 is 34.2 Å². The third kappa shape index (κ3) is 4.87. The number of carboxylic acid groups (broad SMARTS) is 1. The molecule has 3 fully saturated rings. The largest absolute Gasteiger partial charge is 0.512 e. The van der Waals surface area contributed by atoms with E-state index in [0.717, 1.165) is 22.9 Å². The van der Waals surface area contributed by atoms with Crippen LogP contribution in [0.2, 0.25) is 0 Å². The number of thioether (sulfide) groups is 1. The second-order valence-corrected chi connectivity index (χ2v) is 10.8. The molecule has 16 nitrogen and oxygen atoms in total. The Kier molecular flexibility index (Phi) is 7.13. The first-order valence-electron chi connectivity index (χ1n) is 11.7. The fourth-order valence-corrected chi connectivity index (χ4v) is 6.59. The smallest absolute Gasteiger partial charge is 0.449 e. The van der Waals surface area contributed by atoms with Gasteiger partial charge in [-0.15, -0.1) is 11.8 Å². The molecule has 4 aliphatic rings.